The zero-order valence-electron chi connectivity index (χ0n) is 22.1. The van der Waals surface area contributed by atoms with Crippen LogP contribution in [0.2, 0.25) is 0 Å². The summed E-state index contributed by atoms with van der Waals surface area (Å²) in [5.41, 5.74) is 4.05. The number of piperidine rings is 1. The van der Waals surface area contributed by atoms with Crippen molar-refractivity contribution in [3.8, 4) is 11.3 Å². The fourth-order valence-electron chi connectivity index (χ4n) is 5.72. The van der Waals surface area contributed by atoms with Crippen LogP contribution in [0.4, 0.5) is 0 Å². The van der Waals surface area contributed by atoms with Crippen molar-refractivity contribution < 1.29 is 9.90 Å². The van der Waals surface area contributed by atoms with Gasteiger partial charge in [-0.15, -0.1) is 12.4 Å². The van der Waals surface area contributed by atoms with Gasteiger partial charge in [0, 0.05) is 73.7 Å². The number of carbonyl (C=O) groups is 1. The Labute approximate surface area is 225 Å². The monoisotopic (exact) mass is 523 g/mol. The number of pyridine rings is 1. The predicted octanol–water partition coefficient (Wildman–Crippen LogP) is 4.59. The van der Waals surface area contributed by atoms with Crippen LogP contribution in [0.3, 0.4) is 0 Å². The molecule has 37 heavy (non-hydrogen) atoms. The molecule has 2 atom stereocenters. The van der Waals surface area contributed by atoms with E-state index in [0.29, 0.717) is 12.5 Å². The summed E-state index contributed by atoms with van der Waals surface area (Å²) in [5, 5.41) is 23.5. The molecule has 0 radical (unpaired) electrons. The molecular formula is C29H38ClN5O2. The summed E-state index contributed by atoms with van der Waals surface area (Å²) in [6, 6.07) is 12.4. The van der Waals surface area contributed by atoms with Crippen LogP contribution in [0.15, 0.2) is 48.8 Å². The van der Waals surface area contributed by atoms with Crippen LogP contribution >= 0.6 is 12.4 Å². The Balaban J connectivity index is 0.00000320. The number of hydrogen-bond acceptors (Lipinski definition) is 5. The maximum Gasteiger partial charge on any atom is 0.219 e. The summed E-state index contributed by atoms with van der Waals surface area (Å²) >= 11 is 0. The van der Waals surface area contributed by atoms with Crippen molar-refractivity contribution >= 4 is 18.3 Å². The van der Waals surface area contributed by atoms with Crippen LogP contribution in [0.25, 0.3) is 11.3 Å². The fourth-order valence-corrected chi connectivity index (χ4v) is 5.72. The molecule has 198 valence electrons. The second-order valence-electron chi connectivity index (χ2n) is 11.1. The zero-order chi connectivity index (χ0) is 25.5. The average Bonchev–Trinajstić information content (AvgIpc) is 3.37. The van der Waals surface area contributed by atoms with Crippen molar-refractivity contribution in [3.05, 3.63) is 71.2 Å². The number of amides is 1. The van der Waals surface area contributed by atoms with Gasteiger partial charge in [-0.1, -0.05) is 45.0 Å². The molecule has 0 aliphatic carbocycles. The van der Waals surface area contributed by atoms with Gasteiger partial charge in [0.2, 0.25) is 5.91 Å². The molecule has 0 spiro atoms. The minimum atomic E-state index is -1.19. The second-order valence-corrected chi connectivity index (χ2v) is 11.1. The molecule has 1 aromatic carbocycles. The van der Waals surface area contributed by atoms with E-state index < -0.39 is 5.60 Å². The van der Waals surface area contributed by atoms with Gasteiger partial charge in [0.25, 0.3) is 0 Å². The van der Waals surface area contributed by atoms with Gasteiger partial charge in [0.15, 0.2) is 0 Å². The van der Waals surface area contributed by atoms with Gasteiger partial charge in [-0.05, 0) is 42.0 Å². The Morgan fingerprint density at radius 2 is 1.89 bits per heavy atom. The zero-order valence-corrected chi connectivity index (χ0v) is 22.9. The van der Waals surface area contributed by atoms with Gasteiger partial charge in [-0.2, -0.15) is 5.10 Å². The van der Waals surface area contributed by atoms with Gasteiger partial charge in [-0.3, -0.25) is 14.9 Å². The third-order valence-corrected chi connectivity index (χ3v) is 8.25. The molecule has 0 bridgehead atoms. The van der Waals surface area contributed by atoms with Crippen LogP contribution in [0, 0.1) is 5.41 Å². The van der Waals surface area contributed by atoms with Crippen LogP contribution < -0.4 is 5.32 Å². The first-order chi connectivity index (χ1) is 17.2. The molecule has 8 heteroatoms. The van der Waals surface area contributed by atoms with Crippen molar-refractivity contribution in [3.63, 3.8) is 0 Å². The predicted molar refractivity (Wildman–Crippen MR) is 148 cm³/mol. The highest BCUT2D eigenvalue weighted by molar-refractivity contribution is 5.85. The number of rotatable bonds is 6. The highest BCUT2D eigenvalue weighted by Gasteiger charge is 2.53. The van der Waals surface area contributed by atoms with Crippen LogP contribution in [-0.4, -0.2) is 57.3 Å². The highest BCUT2D eigenvalue weighted by Crippen LogP contribution is 2.48. The van der Waals surface area contributed by atoms with Crippen molar-refractivity contribution in [1.82, 2.24) is 25.4 Å². The summed E-state index contributed by atoms with van der Waals surface area (Å²) in [5.74, 6) is 0.797. The number of halogens is 1. The van der Waals surface area contributed by atoms with E-state index in [1.54, 1.807) is 19.3 Å². The number of aromatic amines is 1. The van der Waals surface area contributed by atoms with E-state index in [2.05, 4.69) is 71.6 Å². The number of benzene rings is 1. The van der Waals surface area contributed by atoms with Crippen molar-refractivity contribution in [2.24, 2.45) is 5.41 Å². The molecule has 2 aliphatic heterocycles. The molecule has 4 heterocycles. The number of aliphatic hydroxyl groups is 1. The Morgan fingerprint density at radius 1 is 1.16 bits per heavy atom. The van der Waals surface area contributed by atoms with E-state index in [9.17, 15) is 9.90 Å². The Hall–Kier alpha value is -2.74. The van der Waals surface area contributed by atoms with E-state index in [4.69, 9.17) is 0 Å². The molecule has 3 N–H and O–H groups in total. The topological polar surface area (TPSA) is 94.1 Å². The normalized spacial score (nSPS) is 20.6. The largest absolute Gasteiger partial charge is 0.380 e. The molecule has 2 aromatic heterocycles. The van der Waals surface area contributed by atoms with E-state index in [-0.39, 0.29) is 29.6 Å². The first-order valence-electron chi connectivity index (χ1n) is 13.0. The van der Waals surface area contributed by atoms with Crippen molar-refractivity contribution in [1.29, 1.82) is 0 Å². The SMILES string of the molecule is CC(=O)N1CCC[C@@H](c2cc(-c3cncc([C@@](O)(c4ccc(C(C)C)cc4)C4(C)CNC4)c3)n[nH]2)C1.Cl. The number of likely N-dealkylation sites (tertiary alicyclic amines) is 1. The fraction of sp³-hybridized carbons (Fsp3) is 0.483. The van der Waals surface area contributed by atoms with Crippen LogP contribution in [0.1, 0.15) is 74.8 Å². The number of hydrogen-bond donors (Lipinski definition) is 3. The van der Waals surface area contributed by atoms with E-state index >= 15 is 0 Å². The lowest BCUT2D eigenvalue weighted by Crippen LogP contribution is -2.63. The Kier molecular flexibility index (Phi) is 7.79. The second kappa shape index (κ2) is 10.6. The van der Waals surface area contributed by atoms with Crippen molar-refractivity contribution in [2.75, 3.05) is 26.2 Å². The van der Waals surface area contributed by atoms with Crippen LogP contribution in [-0.2, 0) is 10.4 Å². The van der Waals surface area contributed by atoms with Crippen molar-refractivity contribution in [2.45, 2.75) is 58.0 Å². The molecule has 0 saturated carbocycles. The van der Waals surface area contributed by atoms with Gasteiger partial charge >= 0.3 is 0 Å². The van der Waals surface area contributed by atoms with Crippen LogP contribution in [0.5, 0.6) is 0 Å². The summed E-state index contributed by atoms with van der Waals surface area (Å²) in [4.78, 5) is 18.3. The van der Waals surface area contributed by atoms with Gasteiger partial charge in [0.05, 0.1) is 5.69 Å². The summed E-state index contributed by atoms with van der Waals surface area (Å²) in [7, 11) is 0. The standard InChI is InChI=1S/C29H37N5O2.ClH/c1-19(2)21-7-9-24(10-8-21)29(36,28(4)17-31-18-28)25-12-23(14-30-15-25)27-13-26(32-33-27)22-6-5-11-34(16-22)20(3)35;/h7-10,12-15,19,22,31,36H,5-6,11,16-18H2,1-4H3,(H,32,33);1H/t22-,29+;/m1./s1. The Bertz CT molecular complexity index is 1240. The summed E-state index contributed by atoms with van der Waals surface area (Å²) in [6.45, 7) is 11.1. The Morgan fingerprint density at radius 3 is 2.51 bits per heavy atom. The molecule has 7 nitrogen and oxygen atoms in total. The molecule has 3 aromatic rings. The summed E-state index contributed by atoms with van der Waals surface area (Å²) < 4.78 is 0. The lowest BCUT2D eigenvalue weighted by molar-refractivity contribution is -0.130. The molecular weight excluding hydrogens is 486 g/mol. The number of carbonyl (C=O) groups excluding carboxylic acids is 1. The number of nitrogens with zero attached hydrogens (tertiary/aromatic N) is 3. The highest BCUT2D eigenvalue weighted by atomic mass is 35.5. The lowest BCUT2D eigenvalue weighted by atomic mass is 9.63. The quantitative estimate of drug-likeness (QED) is 0.439. The van der Waals surface area contributed by atoms with Gasteiger partial charge in [0.1, 0.15) is 5.60 Å². The van der Waals surface area contributed by atoms with E-state index in [1.165, 1.54) is 5.56 Å². The molecule has 5 rings (SSSR count). The maximum atomic E-state index is 12.4. The number of H-pyrrole nitrogens is 1. The minimum Gasteiger partial charge on any atom is -0.380 e. The third-order valence-electron chi connectivity index (χ3n) is 8.25. The molecule has 2 aliphatic rings. The molecule has 2 fully saturated rings. The first kappa shape index (κ1) is 27.3. The molecule has 1 amide bonds. The molecule has 2 saturated heterocycles. The number of aromatic nitrogens is 3. The maximum absolute atomic E-state index is 12.4. The third kappa shape index (κ3) is 4.92. The minimum absolute atomic E-state index is 0. The van der Waals surface area contributed by atoms with E-state index in [0.717, 1.165) is 60.6 Å². The van der Waals surface area contributed by atoms with Gasteiger partial charge in [-0.25, -0.2) is 0 Å². The van der Waals surface area contributed by atoms with E-state index in [1.807, 2.05) is 11.0 Å². The average molecular weight is 524 g/mol. The smallest absolute Gasteiger partial charge is 0.219 e. The lowest BCUT2D eigenvalue weighted by Gasteiger charge is -2.52. The van der Waals surface area contributed by atoms with Gasteiger partial charge < -0.3 is 15.3 Å². The number of nitrogens with one attached hydrogen (secondary N) is 2. The molecule has 0 unspecified atom stereocenters. The summed E-state index contributed by atoms with van der Waals surface area (Å²) in [6.07, 6.45) is 5.60. The first-order valence-corrected chi connectivity index (χ1v) is 13.0.